The molecule has 7 nitrogen and oxygen atoms in total. The van der Waals surface area contributed by atoms with Crippen molar-refractivity contribution in [3.8, 4) is 0 Å². The highest BCUT2D eigenvalue weighted by Gasteiger charge is 2.38. The minimum absolute atomic E-state index is 0.175. The lowest BCUT2D eigenvalue weighted by molar-refractivity contribution is -0.148. The standard InChI is InChI=1S/C28H28N2O5S/c1-20-10-12-23(13-11-20)36(33,34)30-17-15-21-6-2-4-8-24(21)26(30)18-28(32)35-19-27(31)29-16-14-22-7-3-5-9-25(22)29/h2-13,26H,14-19H2,1H3/t26-/m0/s1. The van der Waals surface area contributed by atoms with Gasteiger partial charge >= 0.3 is 5.97 Å². The Morgan fingerprint density at radius 1 is 0.889 bits per heavy atom. The second-order valence-electron chi connectivity index (χ2n) is 9.18. The molecule has 2 aliphatic heterocycles. The van der Waals surface area contributed by atoms with Crippen LogP contribution in [0.25, 0.3) is 0 Å². The Balaban J connectivity index is 1.33. The Hall–Kier alpha value is -3.49. The third-order valence-corrected chi connectivity index (χ3v) is 8.82. The van der Waals surface area contributed by atoms with Gasteiger partial charge in [-0.3, -0.25) is 9.59 Å². The van der Waals surface area contributed by atoms with E-state index in [1.807, 2.05) is 55.5 Å². The maximum absolute atomic E-state index is 13.6. The van der Waals surface area contributed by atoms with Crippen molar-refractivity contribution in [3.05, 3.63) is 95.1 Å². The second kappa shape index (κ2) is 9.87. The van der Waals surface area contributed by atoms with Gasteiger partial charge in [0.05, 0.1) is 17.4 Å². The molecule has 0 bridgehead atoms. The summed E-state index contributed by atoms with van der Waals surface area (Å²) < 4.78 is 33.9. The van der Waals surface area contributed by atoms with Crippen molar-refractivity contribution >= 4 is 27.6 Å². The third-order valence-electron chi connectivity index (χ3n) is 6.90. The van der Waals surface area contributed by atoms with E-state index in [0.717, 1.165) is 34.4 Å². The highest BCUT2D eigenvalue weighted by Crippen LogP contribution is 2.36. The average molecular weight is 505 g/mol. The highest BCUT2D eigenvalue weighted by molar-refractivity contribution is 7.89. The van der Waals surface area contributed by atoms with E-state index in [4.69, 9.17) is 4.74 Å². The predicted octanol–water partition coefficient (Wildman–Crippen LogP) is 3.81. The molecule has 0 radical (unpaired) electrons. The third kappa shape index (κ3) is 4.66. The molecule has 0 aliphatic carbocycles. The van der Waals surface area contributed by atoms with Crippen LogP contribution in [0.5, 0.6) is 0 Å². The molecule has 186 valence electrons. The summed E-state index contributed by atoms with van der Waals surface area (Å²) in [6.07, 6.45) is 1.15. The zero-order valence-electron chi connectivity index (χ0n) is 20.1. The fourth-order valence-electron chi connectivity index (χ4n) is 5.01. The number of carbonyl (C=O) groups is 2. The lowest BCUT2D eigenvalue weighted by atomic mass is 9.92. The molecule has 3 aromatic rings. The van der Waals surface area contributed by atoms with E-state index in [9.17, 15) is 18.0 Å². The van der Waals surface area contributed by atoms with Gasteiger partial charge in [0.25, 0.3) is 5.91 Å². The minimum Gasteiger partial charge on any atom is -0.455 e. The number of carbonyl (C=O) groups excluding carboxylic acids is 2. The summed E-state index contributed by atoms with van der Waals surface area (Å²) in [5, 5.41) is 0. The first-order chi connectivity index (χ1) is 17.3. The minimum atomic E-state index is -3.84. The van der Waals surface area contributed by atoms with Gasteiger partial charge in [-0.15, -0.1) is 0 Å². The van der Waals surface area contributed by atoms with Crippen LogP contribution in [0.1, 0.15) is 34.7 Å². The van der Waals surface area contributed by atoms with Crippen LogP contribution < -0.4 is 4.90 Å². The van der Waals surface area contributed by atoms with Crippen molar-refractivity contribution in [2.24, 2.45) is 0 Å². The largest absolute Gasteiger partial charge is 0.455 e. The molecule has 1 amide bonds. The van der Waals surface area contributed by atoms with E-state index >= 15 is 0 Å². The normalized spacial score (nSPS) is 17.4. The summed E-state index contributed by atoms with van der Waals surface area (Å²) in [6, 6.07) is 21.2. The van der Waals surface area contributed by atoms with E-state index in [1.165, 1.54) is 4.31 Å². The van der Waals surface area contributed by atoms with Gasteiger partial charge in [-0.25, -0.2) is 8.42 Å². The number of amides is 1. The van der Waals surface area contributed by atoms with Crippen LogP contribution in [-0.2, 0) is 37.2 Å². The van der Waals surface area contributed by atoms with Crippen molar-refractivity contribution in [1.29, 1.82) is 0 Å². The van der Waals surface area contributed by atoms with Crippen LogP contribution in [0, 0.1) is 6.92 Å². The number of rotatable bonds is 6. The quantitative estimate of drug-likeness (QED) is 0.477. The van der Waals surface area contributed by atoms with Gasteiger partial charge in [0.1, 0.15) is 0 Å². The smallest absolute Gasteiger partial charge is 0.308 e. The first-order valence-corrected chi connectivity index (χ1v) is 13.5. The van der Waals surface area contributed by atoms with Gasteiger partial charge in [-0.1, -0.05) is 60.2 Å². The van der Waals surface area contributed by atoms with Crippen LogP contribution in [0.15, 0.2) is 77.7 Å². The van der Waals surface area contributed by atoms with Crippen LogP contribution in [0.2, 0.25) is 0 Å². The van der Waals surface area contributed by atoms with Crippen LogP contribution in [-0.4, -0.2) is 44.3 Å². The van der Waals surface area contributed by atoms with Gasteiger partial charge < -0.3 is 9.64 Å². The number of anilines is 1. The average Bonchev–Trinajstić information content (AvgIpc) is 3.32. The van der Waals surface area contributed by atoms with Crippen LogP contribution in [0.4, 0.5) is 5.69 Å². The molecular formula is C28H28N2O5S. The molecule has 0 saturated heterocycles. The van der Waals surface area contributed by atoms with Crippen LogP contribution in [0.3, 0.4) is 0 Å². The van der Waals surface area contributed by atoms with Gasteiger partial charge in [0.15, 0.2) is 6.61 Å². The first-order valence-electron chi connectivity index (χ1n) is 12.0. The van der Waals surface area contributed by atoms with Gasteiger partial charge in [-0.2, -0.15) is 4.31 Å². The number of hydrogen-bond acceptors (Lipinski definition) is 5. The maximum Gasteiger partial charge on any atom is 0.308 e. The molecule has 0 fully saturated rings. The molecular weight excluding hydrogens is 476 g/mol. The zero-order valence-corrected chi connectivity index (χ0v) is 20.9. The number of benzene rings is 3. The Bertz CT molecular complexity index is 1400. The lowest BCUT2D eigenvalue weighted by Crippen LogP contribution is -2.41. The predicted molar refractivity (Wildman–Crippen MR) is 136 cm³/mol. The van der Waals surface area contributed by atoms with Crippen molar-refractivity contribution in [3.63, 3.8) is 0 Å². The summed E-state index contributed by atoms with van der Waals surface area (Å²) in [5.41, 5.74) is 4.69. The molecule has 36 heavy (non-hydrogen) atoms. The van der Waals surface area contributed by atoms with E-state index in [0.29, 0.717) is 13.0 Å². The molecule has 2 heterocycles. The molecule has 8 heteroatoms. The van der Waals surface area contributed by atoms with Crippen molar-refractivity contribution in [2.45, 2.75) is 37.1 Å². The number of para-hydroxylation sites is 1. The first kappa shape index (κ1) is 24.2. The Morgan fingerprint density at radius 2 is 1.56 bits per heavy atom. The second-order valence-corrected chi connectivity index (χ2v) is 11.1. The van der Waals surface area contributed by atoms with E-state index < -0.39 is 22.0 Å². The summed E-state index contributed by atoms with van der Waals surface area (Å²) in [4.78, 5) is 27.5. The molecule has 0 saturated carbocycles. The topological polar surface area (TPSA) is 84.0 Å². The Kier molecular flexibility index (Phi) is 6.64. The summed E-state index contributed by atoms with van der Waals surface area (Å²) in [5.74, 6) is -0.900. The van der Waals surface area contributed by atoms with Gasteiger partial charge in [-0.05, 0) is 54.7 Å². The van der Waals surface area contributed by atoms with Gasteiger partial charge in [0, 0.05) is 18.8 Å². The summed E-state index contributed by atoms with van der Waals surface area (Å²) in [7, 11) is -3.84. The number of esters is 1. The Labute approximate surface area is 211 Å². The number of sulfonamides is 1. The lowest BCUT2D eigenvalue weighted by Gasteiger charge is -2.36. The summed E-state index contributed by atoms with van der Waals surface area (Å²) in [6.45, 7) is 2.32. The number of fused-ring (bicyclic) bond motifs is 2. The van der Waals surface area contributed by atoms with E-state index in [2.05, 4.69) is 0 Å². The number of hydrogen-bond donors (Lipinski definition) is 0. The maximum atomic E-state index is 13.6. The summed E-state index contributed by atoms with van der Waals surface area (Å²) >= 11 is 0. The van der Waals surface area contributed by atoms with E-state index in [-0.39, 0.29) is 30.4 Å². The molecule has 0 aromatic heterocycles. The Morgan fingerprint density at radius 3 is 2.33 bits per heavy atom. The van der Waals surface area contributed by atoms with Crippen molar-refractivity contribution in [1.82, 2.24) is 4.31 Å². The highest BCUT2D eigenvalue weighted by atomic mass is 32.2. The molecule has 0 unspecified atom stereocenters. The number of ether oxygens (including phenoxy) is 1. The molecule has 0 N–H and O–H groups in total. The molecule has 0 spiro atoms. The van der Waals surface area contributed by atoms with Gasteiger partial charge in [0.2, 0.25) is 10.0 Å². The monoisotopic (exact) mass is 504 g/mol. The van der Waals surface area contributed by atoms with Crippen LogP contribution >= 0.6 is 0 Å². The fourth-order valence-corrected chi connectivity index (χ4v) is 6.61. The number of nitrogens with zero attached hydrogens (tertiary/aromatic N) is 2. The molecule has 3 aromatic carbocycles. The zero-order chi connectivity index (χ0) is 25.3. The SMILES string of the molecule is Cc1ccc(S(=O)(=O)N2CCc3ccccc3[C@@H]2CC(=O)OCC(=O)N2CCc3ccccc32)cc1. The fraction of sp³-hybridized carbons (Fsp3) is 0.286. The van der Waals surface area contributed by atoms with Crippen molar-refractivity contribution < 1.29 is 22.7 Å². The molecule has 5 rings (SSSR count). The molecule has 2 aliphatic rings. The van der Waals surface area contributed by atoms with E-state index in [1.54, 1.807) is 29.2 Å². The number of aryl methyl sites for hydroxylation is 1. The molecule has 1 atom stereocenters. The van der Waals surface area contributed by atoms with Crippen molar-refractivity contribution in [2.75, 3.05) is 24.6 Å².